The SMILES string of the molecule is CCC(CC)C(CNC(=O)COc1ccc(C)c(C)c1)N1CCOCC1. The summed E-state index contributed by atoms with van der Waals surface area (Å²) in [5.41, 5.74) is 2.39. The Morgan fingerprint density at radius 2 is 1.88 bits per heavy atom. The zero-order chi connectivity index (χ0) is 18.9. The van der Waals surface area contributed by atoms with E-state index in [0.29, 0.717) is 18.5 Å². The molecule has 1 heterocycles. The van der Waals surface area contributed by atoms with Gasteiger partial charge in [-0.1, -0.05) is 32.8 Å². The normalized spacial score (nSPS) is 16.5. The fourth-order valence-corrected chi connectivity index (χ4v) is 3.56. The number of aryl methyl sites for hydroxylation is 2. The van der Waals surface area contributed by atoms with E-state index in [1.165, 1.54) is 11.1 Å². The predicted molar refractivity (Wildman–Crippen MR) is 105 cm³/mol. The second-order valence-corrected chi connectivity index (χ2v) is 7.13. The summed E-state index contributed by atoms with van der Waals surface area (Å²) in [4.78, 5) is 14.7. The zero-order valence-corrected chi connectivity index (χ0v) is 16.7. The largest absolute Gasteiger partial charge is 0.484 e. The van der Waals surface area contributed by atoms with Gasteiger partial charge in [0.1, 0.15) is 5.75 Å². The molecule has 0 aromatic heterocycles. The van der Waals surface area contributed by atoms with E-state index in [1.54, 1.807) is 0 Å². The van der Waals surface area contributed by atoms with Crippen molar-refractivity contribution in [3.05, 3.63) is 29.3 Å². The zero-order valence-electron chi connectivity index (χ0n) is 16.7. The van der Waals surface area contributed by atoms with E-state index in [0.717, 1.165) is 44.9 Å². The van der Waals surface area contributed by atoms with Gasteiger partial charge in [-0.2, -0.15) is 0 Å². The minimum atomic E-state index is -0.0626. The van der Waals surface area contributed by atoms with Gasteiger partial charge >= 0.3 is 0 Å². The van der Waals surface area contributed by atoms with E-state index in [4.69, 9.17) is 9.47 Å². The molecule has 0 saturated carbocycles. The quantitative estimate of drug-likeness (QED) is 0.734. The van der Waals surface area contributed by atoms with Gasteiger partial charge in [0.15, 0.2) is 6.61 Å². The number of benzene rings is 1. The lowest BCUT2D eigenvalue weighted by molar-refractivity contribution is -0.123. The lowest BCUT2D eigenvalue weighted by Crippen LogP contribution is -2.52. The maximum atomic E-state index is 12.3. The fourth-order valence-electron chi connectivity index (χ4n) is 3.56. The molecule has 2 rings (SSSR count). The molecular formula is C21H34N2O3. The van der Waals surface area contributed by atoms with Gasteiger partial charge in [-0.15, -0.1) is 0 Å². The highest BCUT2D eigenvalue weighted by Gasteiger charge is 2.27. The molecule has 1 atom stereocenters. The van der Waals surface area contributed by atoms with Crippen LogP contribution < -0.4 is 10.1 Å². The Morgan fingerprint density at radius 1 is 1.19 bits per heavy atom. The van der Waals surface area contributed by atoms with Gasteiger partial charge in [0.2, 0.25) is 0 Å². The Labute approximate surface area is 158 Å². The van der Waals surface area contributed by atoms with Gasteiger partial charge in [0.05, 0.1) is 13.2 Å². The molecule has 0 spiro atoms. The van der Waals surface area contributed by atoms with Crippen molar-refractivity contribution in [2.24, 2.45) is 5.92 Å². The molecular weight excluding hydrogens is 328 g/mol. The third-order valence-electron chi connectivity index (χ3n) is 5.46. The van der Waals surface area contributed by atoms with Crippen LogP contribution in [-0.4, -0.2) is 56.3 Å². The number of hydrogen-bond donors (Lipinski definition) is 1. The van der Waals surface area contributed by atoms with Crippen molar-refractivity contribution in [2.75, 3.05) is 39.5 Å². The summed E-state index contributed by atoms with van der Waals surface area (Å²) < 4.78 is 11.1. The van der Waals surface area contributed by atoms with Crippen molar-refractivity contribution in [1.82, 2.24) is 10.2 Å². The molecule has 0 radical (unpaired) electrons. The fraction of sp³-hybridized carbons (Fsp3) is 0.667. The minimum Gasteiger partial charge on any atom is -0.484 e. The maximum absolute atomic E-state index is 12.3. The Morgan fingerprint density at radius 3 is 2.50 bits per heavy atom. The summed E-state index contributed by atoms with van der Waals surface area (Å²) in [7, 11) is 0. The molecule has 0 bridgehead atoms. The minimum absolute atomic E-state index is 0.0568. The highest BCUT2D eigenvalue weighted by Crippen LogP contribution is 2.20. The first-order chi connectivity index (χ1) is 12.5. The molecule has 146 valence electrons. The van der Waals surface area contributed by atoms with Crippen molar-refractivity contribution >= 4 is 5.91 Å². The Bertz CT molecular complexity index is 566. The van der Waals surface area contributed by atoms with Gasteiger partial charge in [-0.25, -0.2) is 0 Å². The van der Waals surface area contributed by atoms with E-state index in [1.807, 2.05) is 25.1 Å². The van der Waals surface area contributed by atoms with Gasteiger partial charge in [0.25, 0.3) is 5.91 Å². The monoisotopic (exact) mass is 362 g/mol. The number of carbonyl (C=O) groups is 1. The highest BCUT2D eigenvalue weighted by atomic mass is 16.5. The van der Waals surface area contributed by atoms with E-state index < -0.39 is 0 Å². The number of carbonyl (C=O) groups excluding carboxylic acids is 1. The number of nitrogens with one attached hydrogen (secondary N) is 1. The van der Waals surface area contributed by atoms with E-state index in [-0.39, 0.29) is 12.5 Å². The van der Waals surface area contributed by atoms with Crippen molar-refractivity contribution in [2.45, 2.75) is 46.6 Å². The number of morpholine rings is 1. The molecule has 5 nitrogen and oxygen atoms in total. The van der Waals surface area contributed by atoms with Crippen LogP contribution in [0.5, 0.6) is 5.75 Å². The van der Waals surface area contributed by atoms with Crippen LogP contribution >= 0.6 is 0 Å². The smallest absolute Gasteiger partial charge is 0.257 e. The molecule has 1 unspecified atom stereocenters. The van der Waals surface area contributed by atoms with E-state index in [9.17, 15) is 4.79 Å². The number of hydrogen-bond acceptors (Lipinski definition) is 4. The van der Waals surface area contributed by atoms with Crippen LogP contribution in [0.2, 0.25) is 0 Å². The number of rotatable bonds is 9. The third kappa shape index (κ3) is 5.99. The van der Waals surface area contributed by atoms with E-state index in [2.05, 4.69) is 31.0 Å². The molecule has 1 aliphatic rings. The predicted octanol–water partition coefficient (Wildman–Crippen LogP) is 2.94. The van der Waals surface area contributed by atoms with Gasteiger partial charge in [0, 0.05) is 25.7 Å². The van der Waals surface area contributed by atoms with Crippen LogP contribution in [0.3, 0.4) is 0 Å². The first-order valence-corrected chi connectivity index (χ1v) is 9.83. The van der Waals surface area contributed by atoms with Gasteiger partial charge in [-0.3, -0.25) is 9.69 Å². The molecule has 1 fully saturated rings. The lowest BCUT2D eigenvalue weighted by atomic mass is 9.92. The van der Waals surface area contributed by atoms with Crippen LogP contribution in [0.4, 0.5) is 0 Å². The average molecular weight is 363 g/mol. The molecule has 1 aromatic carbocycles. The molecule has 1 aromatic rings. The maximum Gasteiger partial charge on any atom is 0.257 e. The molecule has 1 aliphatic heterocycles. The van der Waals surface area contributed by atoms with Gasteiger partial charge in [-0.05, 0) is 43.0 Å². The molecule has 5 heteroatoms. The number of ether oxygens (including phenoxy) is 2. The Hall–Kier alpha value is -1.59. The van der Waals surface area contributed by atoms with E-state index >= 15 is 0 Å². The first kappa shape index (κ1) is 20.7. The third-order valence-corrected chi connectivity index (χ3v) is 5.46. The first-order valence-electron chi connectivity index (χ1n) is 9.83. The van der Waals surface area contributed by atoms with Crippen LogP contribution in [0, 0.1) is 19.8 Å². The standard InChI is InChI=1S/C21H34N2O3/c1-5-18(6-2)20(23-9-11-25-12-10-23)14-22-21(24)15-26-19-8-7-16(3)17(4)13-19/h7-8,13,18,20H,5-6,9-12,14-15H2,1-4H3,(H,22,24). The average Bonchev–Trinajstić information content (AvgIpc) is 2.66. The number of amides is 1. The van der Waals surface area contributed by atoms with Crippen LogP contribution in [0.15, 0.2) is 18.2 Å². The molecule has 1 saturated heterocycles. The summed E-state index contributed by atoms with van der Waals surface area (Å²) in [6.45, 7) is 12.7. The van der Waals surface area contributed by atoms with Crippen molar-refractivity contribution < 1.29 is 14.3 Å². The van der Waals surface area contributed by atoms with Crippen molar-refractivity contribution in [3.63, 3.8) is 0 Å². The summed E-state index contributed by atoms with van der Waals surface area (Å²) >= 11 is 0. The lowest BCUT2D eigenvalue weighted by Gasteiger charge is -2.38. The van der Waals surface area contributed by atoms with Crippen molar-refractivity contribution in [3.8, 4) is 5.75 Å². The van der Waals surface area contributed by atoms with Crippen molar-refractivity contribution in [1.29, 1.82) is 0 Å². The van der Waals surface area contributed by atoms with Crippen LogP contribution in [0.1, 0.15) is 37.8 Å². The van der Waals surface area contributed by atoms with Crippen LogP contribution in [0.25, 0.3) is 0 Å². The number of nitrogens with zero attached hydrogens (tertiary/aromatic N) is 1. The topological polar surface area (TPSA) is 50.8 Å². The summed E-state index contributed by atoms with van der Waals surface area (Å²) in [6.07, 6.45) is 2.24. The molecule has 26 heavy (non-hydrogen) atoms. The summed E-state index contributed by atoms with van der Waals surface area (Å²) in [5.74, 6) is 1.26. The van der Waals surface area contributed by atoms with Gasteiger partial charge < -0.3 is 14.8 Å². The second kappa shape index (κ2) is 10.5. The highest BCUT2D eigenvalue weighted by molar-refractivity contribution is 5.77. The summed E-state index contributed by atoms with van der Waals surface area (Å²) in [5, 5.41) is 3.08. The molecule has 0 aliphatic carbocycles. The Kier molecular flexibility index (Phi) is 8.39. The Balaban J connectivity index is 1.85. The van der Waals surface area contributed by atoms with Crippen LogP contribution in [-0.2, 0) is 9.53 Å². The molecule has 1 N–H and O–H groups in total. The second-order valence-electron chi connectivity index (χ2n) is 7.13. The molecule has 1 amide bonds. The summed E-state index contributed by atoms with van der Waals surface area (Å²) in [6, 6.07) is 6.27.